The molecule has 3 rings (SSSR count). The Bertz CT molecular complexity index is 936. The van der Waals surface area contributed by atoms with Crippen molar-refractivity contribution < 1.29 is 14.4 Å². The van der Waals surface area contributed by atoms with Gasteiger partial charge in [0.1, 0.15) is 5.71 Å². The lowest BCUT2D eigenvalue weighted by atomic mass is 10.0. The summed E-state index contributed by atoms with van der Waals surface area (Å²) in [5.41, 5.74) is 2.26. The van der Waals surface area contributed by atoms with Crippen LogP contribution in [0.3, 0.4) is 0 Å². The second kappa shape index (κ2) is 6.79. The van der Waals surface area contributed by atoms with Gasteiger partial charge in [0.25, 0.3) is 11.8 Å². The Hall–Kier alpha value is -3.48. The fourth-order valence-corrected chi connectivity index (χ4v) is 2.91. The normalized spacial score (nSPS) is 18.5. The van der Waals surface area contributed by atoms with Crippen molar-refractivity contribution in [3.8, 4) is 0 Å². The van der Waals surface area contributed by atoms with E-state index in [9.17, 15) is 14.4 Å². The van der Waals surface area contributed by atoms with Crippen molar-refractivity contribution >= 4 is 34.8 Å². The van der Waals surface area contributed by atoms with Gasteiger partial charge in [-0.2, -0.15) is 5.10 Å². The molecule has 0 aliphatic carbocycles. The first-order chi connectivity index (χ1) is 12.5. The Kier molecular flexibility index (Phi) is 4.53. The van der Waals surface area contributed by atoms with Gasteiger partial charge in [-0.3, -0.25) is 14.4 Å². The second-order valence-corrected chi connectivity index (χ2v) is 6.02. The first-order valence-electron chi connectivity index (χ1n) is 8.04. The Morgan fingerprint density at radius 1 is 1.04 bits per heavy atom. The third-order valence-corrected chi connectivity index (χ3v) is 4.32. The van der Waals surface area contributed by atoms with Gasteiger partial charge < -0.3 is 11.2 Å². The minimum atomic E-state index is -1.38. The quantitative estimate of drug-likeness (QED) is 0.381. The summed E-state index contributed by atoms with van der Waals surface area (Å²) in [5.74, 6) is 1.95. The minimum Gasteiger partial charge on any atom is -0.325 e. The maximum absolute atomic E-state index is 12.9. The van der Waals surface area contributed by atoms with Crippen molar-refractivity contribution in [1.29, 1.82) is 0 Å². The zero-order valence-electron chi connectivity index (χ0n) is 14.4. The number of benzene rings is 2. The lowest BCUT2D eigenvalue weighted by Crippen LogP contribution is -2.35. The van der Waals surface area contributed by atoms with Crippen LogP contribution in [0.25, 0.3) is 0 Å². The van der Waals surface area contributed by atoms with Crippen LogP contribution >= 0.6 is 0 Å². The molecule has 7 nitrogen and oxygen atoms in total. The number of nitrogens with two attached hydrogens (primary N) is 1. The number of carbonyl (C=O) groups is 3. The number of nitrogens with zero attached hydrogens (tertiary/aromatic N) is 2. The van der Waals surface area contributed by atoms with Crippen molar-refractivity contribution in [3.63, 3.8) is 0 Å². The van der Waals surface area contributed by atoms with E-state index in [1.165, 1.54) is 0 Å². The van der Waals surface area contributed by atoms with Gasteiger partial charge in [-0.25, -0.2) is 4.90 Å². The van der Waals surface area contributed by atoms with Gasteiger partial charge in [-0.1, -0.05) is 36.4 Å². The van der Waals surface area contributed by atoms with Gasteiger partial charge in [0.2, 0.25) is 5.91 Å². The molecule has 1 unspecified atom stereocenters. The van der Waals surface area contributed by atoms with Crippen molar-refractivity contribution in [2.45, 2.75) is 13.8 Å². The number of para-hydroxylation sites is 2. The molecule has 0 aromatic heterocycles. The van der Waals surface area contributed by atoms with E-state index in [-0.39, 0.29) is 5.71 Å². The van der Waals surface area contributed by atoms with Crippen LogP contribution in [0.5, 0.6) is 0 Å². The number of anilines is 2. The molecule has 7 heteroatoms. The second-order valence-electron chi connectivity index (χ2n) is 6.02. The molecule has 0 saturated carbocycles. The van der Waals surface area contributed by atoms with E-state index < -0.39 is 23.6 Å². The number of hydrogen-bond donors (Lipinski definition) is 2. The molecule has 1 aliphatic rings. The topological polar surface area (TPSA) is 105 Å². The number of rotatable bonds is 3. The molecule has 0 radical (unpaired) electrons. The first kappa shape index (κ1) is 17.3. The average molecular weight is 350 g/mol. The van der Waals surface area contributed by atoms with Crippen LogP contribution in [0.2, 0.25) is 0 Å². The SMILES string of the molecule is Cc1ccccc1NC(=O)C1C(=O)N(c2ccccc2C)C(=O)/C1=N\N. The number of aryl methyl sites for hydroxylation is 2. The Morgan fingerprint density at radius 3 is 2.27 bits per heavy atom. The van der Waals surface area contributed by atoms with Crippen LogP contribution < -0.4 is 16.1 Å². The predicted octanol–water partition coefficient (Wildman–Crippen LogP) is 1.75. The van der Waals surface area contributed by atoms with E-state index in [0.717, 1.165) is 16.0 Å². The van der Waals surface area contributed by atoms with E-state index >= 15 is 0 Å². The molecule has 1 heterocycles. The highest BCUT2D eigenvalue weighted by Crippen LogP contribution is 2.28. The van der Waals surface area contributed by atoms with Gasteiger partial charge in [-0.05, 0) is 37.1 Å². The molecule has 0 spiro atoms. The van der Waals surface area contributed by atoms with Crippen molar-refractivity contribution in [1.82, 2.24) is 0 Å². The molecule has 2 aromatic carbocycles. The highest BCUT2D eigenvalue weighted by Gasteiger charge is 2.50. The smallest absolute Gasteiger partial charge is 0.282 e. The molecule has 3 amide bonds. The van der Waals surface area contributed by atoms with Crippen LogP contribution in [-0.2, 0) is 14.4 Å². The van der Waals surface area contributed by atoms with E-state index in [1.54, 1.807) is 43.3 Å². The third-order valence-electron chi connectivity index (χ3n) is 4.32. The molecular weight excluding hydrogens is 332 g/mol. The molecule has 26 heavy (non-hydrogen) atoms. The van der Waals surface area contributed by atoms with Crippen LogP contribution in [0, 0.1) is 19.8 Å². The van der Waals surface area contributed by atoms with Crippen LogP contribution in [0.4, 0.5) is 11.4 Å². The molecule has 1 fully saturated rings. The summed E-state index contributed by atoms with van der Waals surface area (Å²) in [6.07, 6.45) is 0. The number of nitrogens with one attached hydrogen (secondary N) is 1. The summed E-state index contributed by atoms with van der Waals surface area (Å²) in [6, 6.07) is 14.1. The number of hydrazone groups is 1. The molecule has 3 N–H and O–H groups in total. The molecule has 0 bridgehead atoms. The number of imide groups is 1. The largest absolute Gasteiger partial charge is 0.325 e. The van der Waals surface area contributed by atoms with Crippen LogP contribution in [0.1, 0.15) is 11.1 Å². The van der Waals surface area contributed by atoms with Gasteiger partial charge in [-0.15, -0.1) is 0 Å². The van der Waals surface area contributed by atoms with E-state index in [2.05, 4.69) is 10.4 Å². The van der Waals surface area contributed by atoms with Crippen LogP contribution in [-0.4, -0.2) is 23.4 Å². The Balaban J connectivity index is 1.96. The number of carbonyl (C=O) groups excluding carboxylic acids is 3. The minimum absolute atomic E-state index is 0.274. The number of amides is 3. The summed E-state index contributed by atoms with van der Waals surface area (Å²) in [6.45, 7) is 3.60. The first-order valence-corrected chi connectivity index (χ1v) is 8.04. The van der Waals surface area contributed by atoms with E-state index in [4.69, 9.17) is 5.84 Å². The maximum atomic E-state index is 12.9. The monoisotopic (exact) mass is 350 g/mol. The summed E-state index contributed by atoms with van der Waals surface area (Å²) >= 11 is 0. The molecule has 2 aromatic rings. The van der Waals surface area contributed by atoms with Crippen molar-refractivity contribution in [3.05, 3.63) is 59.7 Å². The zero-order chi connectivity index (χ0) is 18.8. The average Bonchev–Trinajstić information content (AvgIpc) is 2.87. The predicted molar refractivity (Wildman–Crippen MR) is 98.6 cm³/mol. The van der Waals surface area contributed by atoms with Crippen LogP contribution in [0.15, 0.2) is 53.6 Å². The fraction of sp³-hybridized carbons (Fsp3) is 0.158. The van der Waals surface area contributed by atoms with Gasteiger partial charge in [0.15, 0.2) is 5.92 Å². The Labute approximate surface area is 150 Å². The van der Waals surface area contributed by atoms with Gasteiger partial charge >= 0.3 is 0 Å². The molecule has 132 valence electrons. The molecule has 1 atom stereocenters. The van der Waals surface area contributed by atoms with Gasteiger partial charge in [0, 0.05) is 5.69 Å². The van der Waals surface area contributed by atoms with Crippen molar-refractivity contribution in [2.75, 3.05) is 10.2 Å². The summed E-state index contributed by atoms with van der Waals surface area (Å²) in [5, 5.41) is 6.11. The lowest BCUT2D eigenvalue weighted by molar-refractivity contribution is -0.127. The molecule has 1 aliphatic heterocycles. The summed E-state index contributed by atoms with van der Waals surface area (Å²) in [7, 11) is 0. The summed E-state index contributed by atoms with van der Waals surface area (Å²) in [4.78, 5) is 39.2. The Morgan fingerprint density at radius 2 is 1.65 bits per heavy atom. The summed E-state index contributed by atoms with van der Waals surface area (Å²) < 4.78 is 0. The zero-order valence-corrected chi connectivity index (χ0v) is 14.4. The lowest BCUT2D eigenvalue weighted by Gasteiger charge is -2.16. The standard InChI is InChI=1S/C19H18N4O3/c1-11-7-3-5-9-13(11)21-17(24)15-16(22-20)19(26)23(18(15)25)14-10-6-4-8-12(14)2/h3-10,15H,20H2,1-2H3,(H,21,24)/b22-16-. The van der Waals surface area contributed by atoms with Crippen molar-refractivity contribution in [2.24, 2.45) is 16.9 Å². The fourth-order valence-electron chi connectivity index (χ4n) is 2.91. The van der Waals surface area contributed by atoms with E-state index in [1.807, 2.05) is 19.1 Å². The third kappa shape index (κ3) is 2.83. The highest BCUT2D eigenvalue weighted by molar-refractivity contribution is 6.61. The van der Waals surface area contributed by atoms with Gasteiger partial charge in [0.05, 0.1) is 5.69 Å². The number of hydrogen-bond acceptors (Lipinski definition) is 5. The molecular formula is C19H18N4O3. The maximum Gasteiger partial charge on any atom is 0.282 e. The highest BCUT2D eigenvalue weighted by atomic mass is 16.2. The van der Waals surface area contributed by atoms with E-state index in [0.29, 0.717) is 11.4 Å². The molecule has 1 saturated heterocycles.